The molecular weight excluding hydrogens is 296 g/mol. The highest BCUT2D eigenvalue weighted by atomic mass is 32.1. The first-order valence-electron chi connectivity index (χ1n) is 7.10. The van der Waals surface area contributed by atoms with Gasteiger partial charge >= 0.3 is 0 Å². The van der Waals surface area contributed by atoms with E-state index in [9.17, 15) is 4.79 Å². The summed E-state index contributed by atoms with van der Waals surface area (Å²) in [4.78, 5) is 19.4. The minimum atomic E-state index is -0.0307. The third kappa shape index (κ3) is 2.21. The van der Waals surface area contributed by atoms with Crippen LogP contribution in [-0.4, -0.2) is 21.6 Å². The molecule has 0 saturated carbocycles. The fourth-order valence-electron chi connectivity index (χ4n) is 2.70. The summed E-state index contributed by atoms with van der Waals surface area (Å²) in [6.07, 6.45) is 0.470. The van der Waals surface area contributed by atoms with E-state index in [1.54, 1.807) is 11.3 Å². The molecule has 1 aliphatic rings. The minimum absolute atomic E-state index is 0.0307. The summed E-state index contributed by atoms with van der Waals surface area (Å²) in [5, 5.41) is 8.31. The zero-order valence-electron chi connectivity index (χ0n) is 12.0. The quantitative estimate of drug-likeness (QED) is 0.763. The van der Waals surface area contributed by atoms with Gasteiger partial charge in [-0.2, -0.15) is 16.4 Å². The minimum Gasteiger partial charge on any atom is -0.338 e. The number of rotatable bonds is 2. The average molecular weight is 310 g/mol. The molecule has 1 amide bonds. The van der Waals surface area contributed by atoms with E-state index in [-0.39, 0.29) is 11.8 Å². The van der Waals surface area contributed by atoms with Crippen LogP contribution in [0.2, 0.25) is 0 Å². The summed E-state index contributed by atoms with van der Waals surface area (Å²) in [7, 11) is 0. The standard InChI is InChI=1S/C16H14N4OS/c1-9-6-14(21)19-20-15(9)10-2-3-12-13(7-10)18-16(17-12)11-4-5-22-8-11/h2-5,7-9H,6H2,1H3,(H,17,18)(H,19,21). The van der Waals surface area contributed by atoms with Crippen molar-refractivity contribution in [3.63, 3.8) is 0 Å². The molecule has 4 rings (SSSR count). The smallest absolute Gasteiger partial charge is 0.240 e. The Morgan fingerprint density at radius 3 is 2.95 bits per heavy atom. The van der Waals surface area contributed by atoms with E-state index in [0.717, 1.165) is 33.7 Å². The number of aromatic nitrogens is 2. The maximum absolute atomic E-state index is 11.4. The van der Waals surface area contributed by atoms with Crippen LogP contribution in [-0.2, 0) is 4.79 Å². The summed E-state index contributed by atoms with van der Waals surface area (Å²) in [5.74, 6) is 0.957. The normalized spacial score (nSPS) is 18.3. The highest BCUT2D eigenvalue weighted by Crippen LogP contribution is 2.24. The van der Waals surface area contributed by atoms with Gasteiger partial charge in [-0.1, -0.05) is 13.0 Å². The number of amides is 1. The molecule has 22 heavy (non-hydrogen) atoms. The molecule has 1 aliphatic heterocycles. The maximum Gasteiger partial charge on any atom is 0.240 e. The zero-order valence-corrected chi connectivity index (χ0v) is 12.8. The molecule has 110 valence electrons. The number of thiophene rings is 1. The van der Waals surface area contributed by atoms with E-state index in [1.165, 1.54) is 0 Å². The van der Waals surface area contributed by atoms with Gasteiger partial charge in [0, 0.05) is 28.8 Å². The van der Waals surface area contributed by atoms with Crippen molar-refractivity contribution in [2.75, 3.05) is 0 Å². The van der Waals surface area contributed by atoms with Gasteiger partial charge in [-0.25, -0.2) is 10.4 Å². The molecule has 6 heteroatoms. The number of fused-ring (bicyclic) bond motifs is 1. The van der Waals surface area contributed by atoms with Gasteiger partial charge in [0.2, 0.25) is 5.91 Å². The molecule has 5 nitrogen and oxygen atoms in total. The molecule has 1 aromatic carbocycles. The van der Waals surface area contributed by atoms with Gasteiger partial charge in [-0.3, -0.25) is 4.79 Å². The molecular formula is C16H14N4OS. The number of hydrogen-bond acceptors (Lipinski definition) is 4. The van der Waals surface area contributed by atoms with Gasteiger partial charge in [0.1, 0.15) is 5.82 Å². The number of imidazole rings is 1. The Kier molecular flexibility index (Phi) is 3.04. The Morgan fingerprint density at radius 2 is 2.18 bits per heavy atom. The van der Waals surface area contributed by atoms with E-state index in [0.29, 0.717) is 6.42 Å². The lowest BCUT2D eigenvalue weighted by molar-refractivity contribution is -0.121. The lowest BCUT2D eigenvalue weighted by Gasteiger charge is -2.18. The van der Waals surface area contributed by atoms with Crippen molar-refractivity contribution in [1.82, 2.24) is 15.4 Å². The van der Waals surface area contributed by atoms with Crippen LogP contribution >= 0.6 is 11.3 Å². The molecule has 0 saturated heterocycles. The van der Waals surface area contributed by atoms with Crippen molar-refractivity contribution in [1.29, 1.82) is 0 Å². The van der Waals surface area contributed by atoms with Crippen molar-refractivity contribution in [3.05, 3.63) is 40.6 Å². The summed E-state index contributed by atoms with van der Waals surface area (Å²) < 4.78 is 0. The van der Waals surface area contributed by atoms with Crippen LogP contribution in [0.25, 0.3) is 22.4 Å². The fourth-order valence-corrected chi connectivity index (χ4v) is 3.34. The second kappa shape index (κ2) is 5.06. The number of H-pyrrole nitrogens is 1. The number of carbonyl (C=O) groups is 1. The molecule has 0 bridgehead atoms. The first-order valence-corrected chi connectivity index (χ1v) is 8.04. The first-order chi connectivity index (χ1) is 10.7. The highest BCUT2D eigenvalue weighted by molar-refractivity contribution is 7.08. The number of benzene rings is 1. The monoisotopic (exact) mass is 310 g/mol. The molecule has 3 heterocycles. The number of nitrogens with one attached hydrogen (secondary N) is 2. The third-order valence-electron chi connectivity index (χ3n) is 3.83. The summed E-state index contributed by atoms with van der Waals surface area (Å²) in [6.45, 7) is 2.02. The van der Waals surface area contributed by atoms with Crippen LogP contribution < -0.4 is 5.43 Å². The Balaban J connectivity index is 1.76. The molecule has 1 atom stereocenters. The van der Waals surface area contributed by atoms with Crippen molar-refractivity contribution < 1.29 is 4.79 Å². The van der Waals surface area contributed by atoms with Gasteiger partial charge in [0.05, 0.1) is 16.7 Å². The SMILES string of the molecule is CC1CC(=O)NN=C1c1ccc2[nH]c(-c3ccsc3)nc2c1. The maximum atomic E-state index is 11.4. The molecule has 0 fully saturated rings. The van der Waals surface area contributed by atoms with E-state index >= 15 is 0 Å². The highest BCUT2D eigenvalue weighted by Gasteiger charge is 2.22. The van der Waals surface area contributed by atoms with Gasteiger partial charge in [-0.05, 0) is 23.6 Å². The Hall–Kier alpha value is -2.47. The van der Waals surface area contributed by atoms with Crippen molar-refractivity contribution in [2.45, 2.75) is 13.3 Å². The molecule has 1 unspecified atom stereocenters. The lowest BCUT2D eigenvalue weighted by Crippen LogP contribution is -2.31. The van der Waals surface area contributed by atoms with E-state index in [4.69, 9.17) is 0 Å². The third-order valence-corrected chi connectivity index (χ3v) is 4.52. The largest absolute Gasteiger partial charge is 0.338 e. The van der Waals surface area contributed by atoms with Crippen molar-refractivity contribution in [3.8, 4) is 11.4 Å². The molecule has 3 aromatic rings. The first kappa shape index (κ1) is 13.2. The lowest BCUT2D eigenvalue weighted by atomic mass is 9.94. The number of carbonyl (C=O) groups excluding carboxylic acids is 1. The fraction of sp³-hybridized carbons (Fsp3) is 0.188. The predicted molar refractivity (Wildman–Crippen MR) is 87.9 cm³/mol. The summed E-state index contributed by atoms with van der Waals surface area (Å²) in [5.41, 5.74) is 7.47. The second-order valence-electron chi connectivity index (χ2n) is 5.47. The number of aromatic amines is 1. The van der Waals surface area contributed by atoms with Crippen LogP contribution in [0.4, 0.5) is 0 Å². The predicted octanol–water partition coefficient (Wildman–Crippen LogP) is 3.15. The molecule has 2 N–H and O–H groups in total. The van der Waals surface area contributed by atoms with Crippen LogP contribution in [0.1, 0.15) is 18.9 Å². The Bertz CT molecular complexity index is 879. The van der Waals surface area contributed by atoms with Crippen LogP contribution in [0, 0.1) is 5.92 Å². The topological polar surface area (TPSA) is 70.1 Å². The Morgan fingerprint density at radius 1 is 1.27 bits per heavy atom. The number of hydrazone groups is 1. The zero-order chi connectivity index (χ0) is 15.1. The molecule has 0 radical (unpaired) electrons. The van der Waals surface area contributed by atoms with Gasteiger partial charge in [0.15, 0.2) is 0 Å². The van der Waals surface area contributed by atoms with Crippen LogP contribution in [0.15, 0.2) is 40.1 Å². The molecule has 0 spiro atoms. The van der Waals surface area contributed by atoms with Crippen LogP contribution in [0.5, 0.6) is 0 Å². The summed E-state index contributed by atoms with van der Waals surface area (Å²) >= 11 is 1.65. The average Bonchev–Trinajstić information content (AvgIpc) is 3.15. The van der Waals surface area contributed by atoms with Crippen LogP contribution in [0.3, 0.4) is 0 Å². The van der Waals surface area contributed by atoms with Crippen molar-refractivity contribution in [2.24, 2.45) is 11.0 Å². The Labute approximate surface area is 131 Å². The number of nitrogens with zero attached hydrogens (tertiary/aromatic N) is 2. The van der Waals surface area contributed by atoms with E-state index in [1.807, 2.05) is 36.6 Å². The van der Waals surface area contributed by atoms with E-state index in [2.05, 4.69) is 25.9 Å². The van der Waals surface area contributed by atoms with E-state index < -0.39 is 0 Å². The molecule has 0 aliphatic carbocycles. The number of hydrogen-bond donors (Lipinski definition) is 2. The van der Waals surface area contributed by atoms with Gasteiger partial charge in [0.25, 0.3) is 0 Å². The van der Waals surface area contributed by atoms with Gasteiger partial charge in [-0.15, -0.1) is 0 Å². The van der Waals surface area contributed by atoms with Gasteiger partial charge < -0.3 is 4.98 Å². The second-order valence-corrected chi connectivity index (χ2v) is 6.25. The van der Waals surface area contributed by atoms with Crippen molar-refractivity contribution >= 4 is 34.0 Å². The summed E-state index contributed by atoms with van der Waals surface area (Å²) in [6, 6.07) is 8.10. The molecule has 2 aromatic heterocycles.